The Morgan fingerprint density at radius 2 is 2.40 bits per heavy atom. The van der Waals surface area contributed by atoms with Crippen molar-refractivity contribution in [3.8, 4) is 0 Å². The summed E-state index contributed by atoms with van der Waals surface area (Å²) in [5.41, 5.74) is 1.17. The number of aliphatic hydroxyl groups is 1. The first-order chi connectivity index (χ1) is 9.69. The van der Waals surface area contributed by atoms with Gasteiger partial charge >= 0.3 is 0 Å². The highest BCUT2D eigenvalue weighted by Gasteiger charge is 2.29. The summed E-state index contributed by atoms with van der Waals surface area (Å²) >= 11 is 2.76. The molecule has 2 aromatic heterocycles. The van der Waals surface area contributed by atoms with Crippen LogP contribution in [0, 0.1) is 0 Å². The molecule has 1 aliphatic carbocycles. The zero-order valence-corrected chi connectivity index (χ0v) is 12.3. The summed E-state index contributed by atoms with van der Waals surface area (Å²) in [6.45, 7) is 0. The normalized spacial score (nSPS) is 17.8. The Morgan fingerprint density at radius 3 is 3.15 bits per heavy atom. The first-order valence-corrected chi connectivity index (χ1v) is 8.08. The fourth-order valence-corrected chi connectivity index (χ4v) is 3.27. The molecule has 106 valence electrons. The van der Waals surface area contributed by atoms with Crippen LogP contribution in [-0.2, 0) is 6.42 Å². The minimum atomic E-state index is -0.645. The number of fused-ring (bicyclic) bond motifs is 1. The second-order valence-electron chi connectivity index (χ2n) is 4.31. The van der Waals surface area contributed by atoms with E-state index in [1.165, 1.54) is 23.1 Å². The van der Waals surface area contributed by atoms with Crippen LogP contribution >= 0.6 is 23.1 Å². The van der Waals surface area contributed by atoms with Gasteiger partial charge in [-0.1, -0.05) is 28.3 Å². The lowest BCUT2D eigenvalue weighted by Crippen LogP contribution is -2.15. The molecule has 9 heteroatoms. The van der Waals surface area contributed by atoms with E-state index in [0.29, 0.717) is 29.2 Å². The third-order valence-electron chi connectivity index (χ3n) is 3.05. The highest BCUT2D eigenvalue weighted by Crippen LogP contribution is 2.31. The second-order valence-corrected chi connectivity index (χ2v) is 6.35. The summed E-state index contributed by atoms with van der Waals surface area (Å²) in [4.78, 5) is 12.2. The molecular weight excluding hydrogens is 300 g/mol. The van der Waals surface area contributed by atoms with Gasteiger partial charge < -0.3 is 9.63 Å². The van der Waals surface area contributed by atoms with Gasteiger partial charge in [-0.25, -0.2) is 0 Å². The molecule has 2 aromatic rings. The van der Waals surface area contributed by atoms with Gasteiger partial charge in [0.1, 0.15) is 5.69 Å². The van der Waals surface area contributed by atoms with Crippen LogP contribution in [0.3, 0.4) is 0 Å². The lowest BCUT2D eigenvalue weighted by molar-refractivity contribution is 0.0986. The number of nitrogens with zero attached hydrogens (tertiary/aromatic N) is 3. The lowest BCUT2D eigenvalue weighted by Gasteiger charge is -2.14. The van der Waals surface area contributed by atoms with Crippen LogP contribution in [0.5, 0.6) is 0 Å². The van der Waals surface area contributed by atoms with Gasteiger partial charge in [-0.3, -0.25) is 10.1 Å². The number of aliphatic hydroxyl groups excluding tert-OH is 1. The lowest BCUT2D eigenvalue weighted by atomic mass is 9.94. The number of carbonyl (C=O) groups is 1. The Labute approximate surface area is 122 Å². The van der Waals surface area contributed by atoms with Crippen LogP contribution in [0.2, 0.25) is 0 Å². The summed E-state index contributed by atoms with van der Waals surface area (Å²) in [6.07, 6.45) is 3.39. The maximum atomic E-state index is 12.2. The average Bonchev–Trinajstić information content (AvgIpc) is 3.05. The maximum absolute atomic E-state index is 12.2. The second kappa shape index (κ2) is 5.51. The predicted molar refractivity (Wildman–Crippen MR) is 74.0 cm³/mol. The molecule has 1 unspecified atom stereocenters. The van der Waals surface area contributed by atoms with Gasteiger partial charge in [0.05, 0.1) is 6.10 Å². The highest BCUT2D eigenvalue weighted by molar-refractivity contribution is 8.00. The predicted octanol–water partition coefficient (Wildman–Crippen LogP) is 1.87. The first-order valence-electron chi connectivity index (χ1n) is 6.04. The molecule has 3 rings (SSSR count). The number of hydrogen-bond donors (Lipinski definition) is 2. The molecule has 1 aliphatic rings. The fourth-order valence-electron chi connectivity index (χ4n) is 2.11. The highest BCUT2D eigenvalue weighted by atomic mass is 32.2. The third kappa shape index (κ3) is 2.43. The summed E-state index contributed by atoms with van der Waals surface area (Å²) < 4.78 is 5.86. The van der Waals surface area contributed by atoms with Gasteiger partial charge in [0.25, 0.3) is 5.91 Å². The number of aromatic nitrogens is 3. The number of amides is 1. The van der Waals surface area contributed by atoms with Crippen molar-refractivity contribution < 1.29 is 14.4 Å². The molecule has 0 saturated carbocycles. The molecule has 1 amide bonds. The molecule has 1 atom stereocenters. The number of nitrogens with one attached hydrogen (secondary N) is 1. The van der Waals surface area contributed by atoms with Gasteiger partial charge in [0.2, 0.25) is 10.9 Å². The van der Waals surface area contributed by atoms with E-state index in [1.54, 1.807) is 0 Å². The molecule has 0 aliphatic heterocycles. The van der Waals surface area contributed by atoms with Gasteiger partial charge in [-0.2, -0.15) is 0 Å². The van der Waals surface area contributed by atoms with Crippen molar-refractivity contribution in [3.63, 3.8) is 0 Å². The van der Waals surface area contributed by atoms with Crippen LogP contribution in [-0.4, -0.2) is 32.6 Å². The molecule has 0 radical (unpaired) electrons. The van der Waals surface area contributed by atoms with Crippen molar-refractivity contribution in [2.45, 2.75) is 29.7 Å². The van der Waals surface area contributed by atoms with Crippen LogP contribution in [0.25, 0.3) is 0 Å². The van der Waals surface area contributed by atoms with Crippen molar-refractivity contribution in [1.82, 2.24) is 15.4 Å². The zero-order chi connectivity index (χ0) is 14.1. The molecule has 0 spiro atoms. The van der Waals surface area contributed by atoms with E-state index in [-0.39, 0.29) is 5.76 Å². The Kier molecular flexibility index (Phi) is 3.72. The van der Waals surface area contributed by atoms with Crippen LogP contribution in [0.1, 0.15) is 40.8 Å². The van der Waals surface area contributed by atoms with Gasteiger partial charge in [-0.15, -0.1) is 10.2 Å². The third-order valence-corrected chi connectivity index (χ3v) is 4.86. The van der Waals surface area contributed by atoms with E-state index >= 15 is 0 Å². The van der Waals surface area contributed by atoms with E-state index in [1.807, 2.05) is 6.26 Å². The SMILES string of the molecule is CSc1nnc(NC(=O)c2onc3c2CCCC3O)s1. The number of anilines is 1. The Hall–Kier alpha value is -1.45. The molecule has 7 nitrogen and oxygen atoms in total. The van der Waals surface area contributed by atoms with Crippen molar-refractivity contribution in [2.75, 3.05) is 11.6 Å². The van der Waals surface area contributed by atoms with Gasteiger partial charge in [0, 0.05) is 5.56 Å². The molecule has 2 N–H and O–H groups in total. The number of carbonyl (C=O) groups excluding carboxylic acids is 1. The van der Waals surface area contributed by atoms with Crippen LogP contribution in [0.15, 0.2) is 8.86 Å². The minimum absolute atomic E-state index is 0.152. The summed E-state index contributed by atoms with van der Waals surface area (Å²) in [5, 5.41) is 24.4. The quantitative estimate of drug-likeness (QED) is 0.659. The van der Waals surface area contributed by atoms with Crippen molar-refractivity contribution >= 4 is 34.1 Å². The maximum Gasteiger partial charge on any atom is 0.296 e. The van der Waals surface area contributed by atoms with E-state index < -0.39 is 12.0 Å². The van der Waals surface area contributed by atoms with Crippen molar-refractivity contribution in [3.05, 3.63) is 17.0 Å². The molecular formula is C11H12N4O3S2. The largest absolute Gasteiger partial charge is 0.387 e. The summed E-state index contributed by atoms with van der Waals surface area (Å²) in [5.74, 6) is -0.253. The number of rotatable bonds is 3. The first kappa shape index (κ1) is 13.5. The molecule has 20 heavy (non-hydrogen) atoms. The summed E-state index contributed by atoms with van der Waals surface area (Å²) in [6, 6.07) is 0. The van der Waals surface area contributed by atoms with Crippen LogP contribution < -0.4 is 5.32 Å². The smallest absolute Gasteiger partial charge is 0.296 e. The molecule has 0 saturated heterocycles. The Bertz CT molecular complexity index is 639. The number of thioether (sulfide) groups is 1. The monoisotopic (exact) mass is 312 g/mol. The van der Waals surface area contributed by atoms with E-state index in [2.05, 4.69) is 20.7 Å². The zero-order valence-electron chi connectivity index (χ0n) is 10.6. The molecule has 0 bridgehead atoms. The van der Waals surface area contributed by atoms with Crippen molar-refractivity contribution in [1.29, 1.82) is 0 Å². The molecule has 0 fully saturated rings. The Morgan fingerprint density at radius 1 is 1.55 bits per heavy atom. The van der Waals surface area contributed by atoms with E-state index in [4.69, 9.17) is 4.52 Å². The topological polar surface area (TPSA) is 101 Å². The Balaban J connectivity index is 1.81. The minimum Gasteiger partial charge on any atom is -0.387 e. The van der Waals surface area contributed by atoms with Crippen LogP contribution in [0.4, 0.5) is 5.13 Å². The fraction of sp³-hybridized carbons (Fsp3) is 0.455. The molecule has 0 aromatic carbocycles. The summed E-state index contributed by atoms with van der Waals surface area (Å²) in [7, 11) is 0. The average molecular weight is 312 g/mol. The van der Waals surface area contributed by atoms with E-state index in [9.17, 15) is 9.90 Å². The van der Waals surface area contributed by atoms with Gasteiger partial charge in [-0.05, 0) is 25.5 Å². The standard InChI is InChI=1S/C11H12N4O3S2/c1-19-11-14-13-10(20-11)12-9(17)8-5-3-2-4-6(16)7(5)15-18-8/h6,16H,2-4H2,1H3,(H,12,13,17). The van der Waals surface area contributed by atoms with Gasteiger partial charge in [0.15, 0.2) is 4.34 Å². The molecule has 2 heterocycles. The van der Waals surface area contributed by atoms with E-state index in [0.717, 1.165) is 10.8 Å². The number of hydrogen-bond acceptors (Lipinski definition) is 8. The van der Waals surface area contributed by atoms with Crippen molar-refractivity contribution in [2.24, 2.45) is 0 Å².